The normalized spacial score (nSPS) is 23.4. The lowest BCUT2D eigenvalue weighted by molar-refractivity contribution is -0.0742. The van der Waals surface area contributed by atoms with Crippen molar-refractivity contribution < 1.29 is 8.78 Å². The Morgan fingerprint density at radius 3 is 2.20 bits per heavy atom. The number of alkyl halides is 2. The molecule has 0 radical (unpaired) electrons. The van der Waals surface area contributed by atoms with Crippen molar-refractivity contribution in [2.24, 2.45) is 5.41 Å². The first-order valence-electron chi connectivity index (χ1n) is 5.42. The number of rotatable bonds is 2. The highest BCUT2D eigenvalue weighted by Crippen LogP contribution is 2.36. The van der Waals surface area contributed by atoms with E-state index in [1.807, 2.05) is 20.8 Å². The molecule has 0 aromatic heterocycles. The van der Waals surface area contributed by atoms with Crippen LogP contribution in [0.15, 0.2) is 0 Å². The Hall–Kier alpha value is 0.110. The molecule has 0 amide bonds. The molecule has 1 atom stereocenters. The number of hydrogen-bond acceptors (Lipinski definition) is 1. The Kier molecular flexibility index (Phi) is 5.48. The van der Waals surface area contributed by atoms with Crippen LogP contribution in [-0.2, 0) is 0 Å². The van der Waals surface area contributed by atoms with E-state index in [9.17, 15) is 8.78 Å². The molecule has 1 N–H and O–H groups in total. The lowest BCUT2D eigenvalue weighted by Crippen LogP contribution is -2.49. The summed E-state index contributed by atoms with van der Waals surface area (Å²) in [5.74, 6) is -2.56. The molecule has 15 heavy (non-hydrogen) atoms. The first-order chi connectivity index (χ1) is 6.31. The first-order valence-corrected chi connectivity index (χ1v) is 5.42. The summed E-state index contributed by atoms with van der Waals surface area (Å²) in [6, 6.07) is -0.601. The molecule has 0 bridgehead atoms. The summed E-state index contributed by atoms with van der Waals surface area (Å²) in [5, 5.41) is 2.93. The molecule has 0 aromatic carbocycles. The van der Waals surface area contributed by atoms with Gasteiger partial charge in [0, 0.05) is 6.42 Å². The molecular formula is C11H22ClF2N. The van der Waals surface area contributed by atoms with Crippen molar-refractivity contribution in [3.63, 3.8) is 0 Å². The SMILES string of the molecule is CC(C)(C)CC(F)(F)C1CCCCN1.Cl. The standard InChI is InChI=1S/C11H21F2N.ClH/c1-10(2,3)8-11(12,13)9-6-4-5-7-14-9;/h9,14H,4-8H2,1-3H3;1H. The van der Waals surface area contributed by atoms with Crippen molar-refractivity contribution in [1.82, 2.24) is 5.32 Å². The van der Waals surface area contributed by atoms with Gasteiger partial charge in [0.2, 0.25) is 0 Å². The zero-order chi connectivity index (χ0) is 10.8. The highest BCUT2D eigenvalue weighted by molar-refractivity contribution is 5.85. The van der Waals surface area contributed by atoms with Crippen LogP contribution in [0.3, 0.4) is 0 Å². The third-order valence-corrected chi connectivity index (χ3v) is 2.59. The number of nitrogens with one attached hydrogen (secondary N) is 1. The molecule has 4 heteroatoms. The van der Waals surface area contributed by atoms with E-state index >= 15 is 0 Å². The number of piperidine rings is 1. The maximum atomic E-state index is 13.7. The summed E-state index contributed by atoms with van der Waals surface area (Å²) in [6.07, 6.45) is 2.54. The smallest absolute Gasteiger partial charge is 0.263 e. The second-order valence-corrected chi connectivity index (χ2v) is 5.50. The summed E-state index contributed by atoms with van der Waals surface area (Å²) < 4.78 is 27.5. The van der Waals surface area contributed by atoms with E-state index in [4.69, 9.17) is 0 Å². The maximum Gasteiger partial charge on any atom is 0.263 e. The zero-order valence-electron chi connectivity index (χ0n) is 9.78. The van der Waals surface area contributed by atoms with Crippen LogP contribution in [0, 0.1) is 5.41 Å². The van der Waals surface area contributed by atoms with Crippen molar-refractivity contribution in [1.29, 1.82) is 0 Å². The molecule has 1 heterocycles. The van der Waals surface area contributed by atoms with Crippen LogP contribution in [0.1, 0.15) is 46.5 Å². The van der Waals surface area contributed by atoms with Gasteiger partial charge in [-0.3, -0.25) is 0 Å². The van der Waals surface area contributed by atoms with Gasteiger partial charge in [-0.15, -0.1) is 12.4 Å². The van der Waals surface area contributed by atoms with Crippen LogP contribution in [-0.4, -0.2) is 18.5 Å². The quantitative estimate of drug-likeness (QED) is 0.779. The van der Waals surface area contributed by atoms with Gasteiger partial charge in [-0.05, 0) is 24.8 Å². The highest BCUT2D eigenvalue weighted by atomic mass is 35.5. The van der Waals surface area contributed by atoms with Gasteiger partial charge in [0.25, 0.3) is 5.92 Å². The van der Waals surface area contributed by atoms with Crippen molar-refractivity contribution >= 4 is 12.4 Å². The van der Waals surface area contributed by atoms with E-state index in [0.29, 0.717) is 6.42 Å². The fourth-order valence-corrected chi connectivity index (χ4v) is 2.04. The summed E-state index contributed by atoms with van der Waals surface area (Å²) in [7, 11) is 0. The molecule has 1 aliphatic heterocycles. The molecule has 0 aliphatic carbocycles. The van der Waals surface area contributed by atoms with Gasteiger partial charge in [-0.1, -0.05) is 27.2 Å². The molecule has 1 rings (SSSR count). The Balaban J connectivity index is 0.00000196. The number of halogens is 3. The Labute approximate surface area is 97.4 Å². The van der Waals surface area contributed by atoms with Crippen molar-refractivity contribution in [2.45, 2.75) is 58.4 Å². The minimum Gasteiger partial charge on any atom is -0.309 e. The summed E-state index contributed by atoms with van der Waals surface area (Å²) in [5.41, 5.74) is -0.303. The Bertz CT molecular complexity index is 184. The Morgan fingerprint density at radius 2 is 1.80 bits per heavy atom. The molecule has 1 aliphatic rings. The van der Waals surface area contributed by atoms with Crippen molar-refractivity contribution in [2.75, 3.05) is 6.54 Å². The van der Waals surface area contributed by atoms with Crippen LogP contribution in [0.5, 0.6) is 0 Å². The monoisotopic (exact) mass is 241 g/mol. The minimum atomic E-state index is -2.56. The molecule has 1 unspecified atom stereocenters. The van der Waals surface area contributed by atoms with E-state index in [-0.39, 0.29) is 24.2 Å². The molecule has 92 valence electrons. The van der Waals surface area contributed by atoms with E-state index in [1.165, 1.54) is 0 Å². The van der Waals surface area contributed by atoms with E-state index < -0.39 is 12.0 Å². The van der Waals surface area contributed by atoms with Crippen molar-refractivity contribution in [3.05, 3.63) is 0 Å². The minimum absolute atomic E-state index is 0. The van der Waals surface area contributed by atoms with Crippen molar-refractivity contribution in [3.8, 4) is 0 Å². The zero-order valence-corrected chi connectivity index (χ0v) is 10.6. The second kappa shape index (κ2) is 5.44. The van der Waals surface area contributed by atoms with Crippen LogP contribution in [0.25, 0.3) is 0 Å². The topological polar surface area (TPSA) is 12.0 Å². The lowest BCUT2D eigenvalue weighted by Gasteiger charge is -2.34. The fourth-order valence-electron chi connectivity index (χ4n) is 2.04. The van der Waals surface area contributed by atoms with E-state index in [0.717, 1.165) is 19.4 Å². The van der Waals surface area contributed by atoms with E-state index in [2.05, 4.69) is 5.32 Å². The first kappa shape index (κ1) is 15.1. The predicted octanol–water partition coefficient (Wildman–Crippen LogP) is 3.62. The highest BCUT2D eigenvalue weighted by Gasteiger charge is 2.42. The van der Waals surface area contributed by atoms with Crippen LogP contribution in [0.4, 0.5) is 8.78 Å². The van der Waals surface area contributed by atoms with Gasteiger partial charge in [0.1, 0.15) is 0 Å². The van der Waals surface area contributed by atoms with Gasteiger partial charge in [0.05, 0.1) is 6.04 Å². The van der Waals surface area contributed by atoms with Crippen LogP contribution < -0.4 is 5.32 Å². The third-order valence-electron chi connectivity index (χ3n) is 2.59. The lowest BCUT2D eigenvalue weighted by atomic mass is 9.84. The van der Waals surface area contributed by atoms with Gasteiger partial charge >= 0.3 is 0 Å². The molecule has 1 saturated heterocycles. The average Bonchev–Trinajstić information content (AvgIpc) is 2.01. The summed E-state index contributed by atoms with van der Waals surface area (Å²) in [4.78, 5) is 0. The molecular weight excluding hydrogens is 220 g/mol. The molecule has 1 fully saturated rings. The second-order valence-electron chi connectivity index (χ2n) is 5.50. The largest absolute Gasteiger partial charge is 0.309 e. The van der Waals surface area contributed by atoms with Crippen LogP contribution in [0.2, 0.25) is 0 Å². The molecule has 0 aromatic rings. The van der Waals surface area contributed by atoms with Gasteiger partial charge in [-0.25, -0.2) is 8.78 Å². The summed E-state index contributed by atoms with van der Waals surface area (Å²) >= 11 is 0. The fraction of sp³-hybridized carbons (Fsp3) is 1.00. The summed E-state index contributed by atoms with van der Waals surface area (Å²) in [6.45, 7) is 6.33. The van der Waals surface area contributed by atoms with Gasteiger partial charge in [0.15, 0.2) is 0 Å². The molecule has 0 spiro atoms. The maximum absolute atomic E-state index is 13.7. The average molecular weight is 242 g/mol. The van der Waals surface area contributed by atoms with E-state index in [1.54, 1.807) is 0 Å². The van der Waals surface area contributed by atoms with Gasteiger partial charge in [-0.2, -0.15) is 0 Å². The van der Waals surface area contributed by atoms with Crippen LogP contribution >= 0.6 is 12.4 Å². The van der Waals surface area contributed by atoms with Gasteiger partial charge < -0.3 is 5.32 Å². The third kappa shape index (κ3) is 5.12. The predicted molar refractivity (Wildman–Crippen MR) is 61.9 cm³/mol. The molecule has 1 nitrogen and oxygen atoms in total. The molecule has 0 saturated carbocycles. The Morgan fingerprint density at radius 1 is 1.20 bits per heavy atom. The number of hydrogen-bond donors (Lipinski definition) is 1.